The van der Waals surface area contributed by atoms with E-state index in [4.69, 9.17) is 15.1 Å². The van der Waals surface area contributed by atoms with Gasteiger partial charge in [0.25, 0.3) is 10.1 Å². The largest absolute Gasteiger partial charge is 0.489 e. The van der Waals surface area contributed by atoms with Crippen LogP contribution in [0.3, 0.4) is 0 Å². The van der Waals surface area contributed by atoms with Crippen molar-refractivity contribution in [2.75, 3.05) is 5.43 Å². The summed E-state index contributed by atoms with van der Waals surface area (Å²) in [6, 6.07) is 19.7. The van der Waals surface area contributed by atoms with Crippen LogP contribution in [0.15, 0.2) is 65.6 Å². The van der Waals surface area contributed by atoms with Crippen LogP contribution >= 0.6 is 0 Å². The summed E-state index contributed by atoms with van der Waals surface area (Å²) >= 11 is 0. The number of ether oxygens (including phenoxy) is 1. The molecule has 0 aliphatic carbocycles. The average Bonchev–Trinajstić information content (AvgIpc) is 2.75. The first kappa shape index (κ1) is 27.4. The maximum absolute atomic E-state index is 10.9. The van der Waals surface area contributed by atoms with E-state index < -0.39 is 10.1 Å². The highest BCUT2D eigenvalue weighted by molar-refractivity contribution is 7.86. The molecule has 0 spiro atoms. The smallest absolute Gasteiger partial charge is 0.295 e. The molecule has 6 nitrogen and oxygen atoms in total. The molecule has 3 aromatic carbocycles. The summed E-state index contributed by atoms with van der Waals surface area (Å²) in [7, 11) is -4.08. The monoisotopic (exact) mass is 484 g/mol. The van der Waals surface area contributed by atoms with Crippen molar-refractivity contribution >= 4 is 15.8 Å². The first-order chi connectivity index (χ1) is 16.0. The predicted octanol–water partition coefficient (Wildman–Crippen LogP) is 6.00. The van der Waals surface area contributed by atoms with Gasteiger partial charge in [0.15, 0.2) is 0 Å². The predicted molar refractivity (Wildman–Crippen MR) is 139 cm³/mol. The summed E-state index contributed by atoms with van der Waals surface area (Å²) in [5.41, 5.74) is 8.27. The van der Waals surface area contributed by atoms with E-state index in [2.05, 4.69) is 37.5 Å². The second-order valence-electron chi connectivity index (χ2n) is 8.87. The van der Waals surface area contributed by atoms with E-state index in [0.29, 0.717) is 23.7 Å². The van der Waals surface area contributed by atoms with Crippen LogP contribution in [-0.4, -0.2) is 13.0 Å². The lowest BCUT2D eigenvalue weighted by Crippen LogP contribution is -2.10. The van der Waals surface area contributed by atoms with Gasteiger partial charge >= 0.3 is 0 Å². The van der Waals surface area contributed by atoms with Gasteiger partial charge in [-0.2, -0.15) is 8.42 Å². The zero-order valence-corrected chi connectivity index (χ0v) is 21.4. The molecule has 0 amide bonds. The van der Waals surface area contributed by atoms with Crippen molar-refractivity contribution in [2.45, 2.75) is 59.0 Å². The van der Waals surface area contributed by atoms with Crippen molar-refractivity contribution in [3.63, 3.8) is 0 Å². The third-order valence-electron chi connectivity index (χ3n) is 5.33. The normalized spacial score (nSPS) is 11.1. The lowest BCUT2D eigenvalue weighted by Gasteiger charge is -2.13. The zero-order chi connectivity index (χ0) is 25.3. The Morgan fingerprint density at radius 2 is 1.59 bits per heavy atom. The highest BCUT2D eigenvalue weighted by Crippen LogP contribution is 2.25. The van der Waals surface area contributed by atoms with E-state index in [0.717, 1.165) is 29.8 Å². The van der Waals surface area contributed by atoms with Crippen molar-refractivity contribution in [3.8, 4) is 5.75 Å². The maximum atomic E-state index is 10.9. The van der Waals surface area contributed by atoms with Gasteiger partial charge in [0, 0.05) is 0 Å². The molecule has 0 aliphatic rings. The SMILES string of the molecule is CC(C)CCc1cc(OCc2ccccc2)ccc1NN.Cc1cc(C)c(S(=O)(=O)O)c(C)c1. The second-order valence-corrected chi connectivity index (χ2v) is 10.2. The average molecular weight is 485 g/mol. The van der Waals surface area contributed by atoms with Crippen molar-refractivity contribution < 1.29 is 17.7 Å². The van der Waals surface area contributed by atoms with Crippen molar-refractivity contribution in [2.24, 2.45) is 11.8 Å². The fourth-order valence-electron chi connectivity index (χ4n) is 3.77. The van der Waals surface area contributed by atoms with Crippen molar-refractivity contribution in [1.29, 1.82) is 0 Å². The summed E-state index contributed by atoms with van der Waals surface area (Å²) in [5, 5.41) is 0. The van der Waals surface area contributed by atoms with Crippen LogP contribution in [0.5, 0.6) is 5.75 Å². The molecule has 0 bridgehead atoms. The van der Waals surface area contributed by atoms with E-state index in [9.17, 15) is 8.42 Å². The fraction of sp³-hybridized carbons (Fsp3) is 0.333. The van der Waals surface area contributed by atoms with Gasteiger partial charge < -0.3 is 10.2 Å². The molecule has 4 N–H and O–H groups in total. The van der Waals surface area contributed by atoms with E-state index in [1.165, 1.54) is 11.1 Å². The molecule has 184 valence electrons. The first-order valence-electron chi connectivity index (χ1n) is 11.3. The molecule has 0 aromatic heterocycles. The van der Waals surface area contributed by atoms with E-state index in [1.807, 2.05) is 37.3 Å². The van der Waals surface area contributed by atoms with Crippen LogP contribution in [0.1, 0.15) is 48.1 Å². The minimum absolute atomic E-state index is 0.0260. The van der Waals surface area contributed by atoms with Gasteiger partial charge in [0.05, 0.1) is 10.6 Å². The quantitative estimate of drug-likeness (QED) is 0.206. The molecule has 0 saturated heterocycles. The molecule has 0 radical (unpaired) electrons. The first-order valence-corrected chi connectivity index (χ1v) is 12.8. The second kappa shape index (κ2) is 12.6. The summed E-state index contributed by atoms with van der Waals surface area (Å²) in [6.07, 6.45) is 2.14. The third kappa shape index (κ3) is 8.48. The molecule has 0 aliphatic heterocycles. The molecule has 0 fully saturated rings. The molecular formula is C27H36N2O4S. The molecular weight excluding hydrogens is 448 g/mol. The molecule has 0 saturated carbocycles. The molecule has 0 heterocycles. The van der Waals surface area contributed by atoms with E-state index >= 15 is 0 Å². The van der Waals surface area contributed by atoms with Crippen LogP contribution in [0.25, 0.3) is 0 Å². The number of nitrogen functional groups attached to an aromatic ring is 1. The minimum atomic E-state index is -4.08. The molecule has 0 atom stereocenters. The lowest BCUT2D eigenvalue weighted by atomic mass is 10.0. The summed E-state index contributed by atoms with van der Waals surface area (Å²) in [5.74, 6) is 7.14. The Labute approximate surface area is 203 Å². The van der Waals surface area contributed by atoms with E-state index in [1.54, 1.807) is 26.0 Å². The van der Waals surface area contributed by atoms with Gasteiger partial charge in [0.2, 0.25) is 0 Å². The van der Waals surface area contributed by atoms with Crippen molar-refractivity contribution in [3.05, 3.63) is 88.5 Å². The number of nitrogens with two attached hydrogens (primary N) is 1. The minimum Gasteiger partial charge on any atom is -0.489 e. The maximum Gasteiger partial charge on any atom is 0.295 e. The van der Waals surface area contributed by atoms with Crippen LogP contribution in [0.4, 0.5) is 5.69 Å². The zero-order valence-electron chi connectivity index (χ0n) is 20.6. The van der Waals surface area contributed by atoms with Gasteiger partial charge in [-0.1, -0.05) is 61.9 Å². The van der Waals surface area contributed by atoms with Gasteiger partial charge in [-0.25, -0.2) is 0 Å². The Bertz CT molecular complexity index is 1150. The Kier molecular flexibility index (Phi) is 10.1. The van der Waals surface area contributed by atoms with Gasteiger partial charge in [-0.15, -0.1) is 0 Å². The fourth-order valence-corrected chi connectivity index (χ4v) is 4.70. The van der Waals surface area contributed by atoms with Crippen LogP contribution in [0.2, 0.25) is 0 Å². The molecule has 34 heavy (non-hydrogen) atoms. The highest BCUT2D eigenvalue weighted by Gasteiger charge is 2.16. The Morgan fingerprint density at radius 1 is 0.971 bits per heavy atom. The van der Waals surface area contributed by atoms with Gasteiger partial charge in [-0.05, 0) is 80.0 Å². The van der Waals surface area contributed by atoms with Crippen molar-refractivity contribution in [1.82, 2.24) is 0 Å². The number of hydrazine groups is 1. The number of aryl methyl sites for hydroxylation is 4. The van der Waals surface area contributed by atoms with Crippen LogP contribution in [-0.2, 0) is 23.1 Å². The van der Waals surface area contributed by atoms with Gasteiger partial charge in [-0.3, -0.25) is 10.4 Å². The van der Waals surface area contributed by atoms with E-state index in [-0.39, 0.29) is 4.90 Å². The number of rotatable bonds is 8. The Balaban J connectivity index is 0.000000270. The third-order valence-corrected chi connectivity index (χ3v) is 6.49. The molecule has 3 aromatic rings. The molecule has 7 heteroatoms. The number of hydrogen-bond acceptors (Lipinski definition) is 5. The Morgan fingerprint density at radius 3 is 2.12 bits per heavy atom. The van der Waals surface area contributed by atoms with Gasteiger partial charge in [0.1, 0.15) is 12.4 Å². The van der Waals surface area contributed by atoms with Crippen LogP contribution < -0.4 is 16.0 Å². The summed E-state index contributed by atoms with van der Waals surface area (Å²) in [6.45, 7) is 10.3. The highest BCUT2D eigenvalue weighted by atomic mass is 32.2. The Hall–Kier alpha value is -2.87. The lowest BCUT2D eigenvalue weighted by molar-refractivity contribution is 0.306. The topological polar surface area (TPSA) is 102 Å². The van der Waals surface area contributed by atoms with Crippen LogP contribution in [0, 0.1) is 26.7 Å². The molecule has 3 rings (SSSR count). The number of nitrogens with one attached hydrogen (secondary N) is 1. The summed E-state index contributed by atoms with van der Waals surface area (Å²) in [4.78, 5) is 0.0260. The number of benzene rings is 3. The standard InChI is InChI=1S/C18H24N2O.C9H12O3S/c1-14(2)8-9-16-12-17(10-11-18(16)20-19)21-13-15-6-4-3-5-7-15;1-6-4-7(2)9(8(3)5-6)13(10,11)12/h3-7,10-12,14,20H,8-9,13,19H2,1-2H3;4-5H,1-3H3,(H,10,11,12). The molecule has 0 unspecified atom stereocenters. The number of anilines is 1. The summed E-state index contributed by atoms with van der Waals surface area (Å²) < 4.78 is 36.7. The number of hydrogen-bond donors (Lipinski definition) is 3.